The van der Waals surface area contributed by atoms with Gasteiger partial charge in [0.15, 0.2) is 0 Å². The number of hydrogen-bond donors (Lipinski definition) is 0. The molecule has 5 aromatic carbocycles. The van der Waals surface area contributed by atoms with Gasteiger partial charge in [0.2, 0.25) is 0 Å². The lowest BCUT2D eigenvalue weighted by Crippen LogP contribution is -1.87. The van der Waals surface area contributed by atoms with Gasteiger partial charge in [-0.05, 0) is 76.7 Å². The highest BCUT2D eigenvalue weighted by atomic mass is 16.3. The van der Waals surface area contributed by atoms with E-state index < -0.39 is 0 Å². The van der Waals surface area contributed by atoms with E-state index in [-0.39, 0.29) is 0 Å². The molecule has 32 heavy (non-hydrogen) atoms. The minimum Gasteiger partial charge on any atom is -0.456 e. The predicted molar refractivity (Wildman–Crippen MR) is 135 cm³/mol. The Morgan fingerprint density at radius 3 is 1.75 bits per heavy atom. The van der Waals surface area contributed by atoms with Gasteiger partial charge in [0.05, 0.1) is 0 Å². The predicted octanol–water partition coefficient (Wildman–Crippen LogP) is 8.90. The van der Waals surface area contributed by atoms with E-state index in [2.05, 4.69) is 122 Å². The van der Waals surface area contributed by atoms with Crippen LogP contribution >= 0.6 is 0 Å². The van der Waals surface area contributed by atoms with E-state index in [0.717, 1.165) is 11.2 Å². The van der Waals surface area contributed by atoms with Crippen molar-refractivity contribution in [3.63, 3.8) is 0 Å². The van der Waals surface area contributed by atoms with Crippen molar-refractivity contribution in [1.29, 1.82) is 0 Å². The molecular formula is C31H22O. The molecular weight excluding hydrogens is 388 g/mol. The first-order valence-electron chi connectivity index (χ1n) is 10.9. The van der Waals surface area contributed by atoms with Crippen molar-refractivity contribution in [2.75, 3.05) is 0 Å². The van der Waals surface area contributed by atoms with Crippen LogP contribution in [0, 0.1) is 6.92 Å². The number of hydrogen-bond acceptors (Lipinski definition) is 1. The Hall–Kier alpha value is -4.10. The van der Waals surface area contributed by atoms with Crippen molar-refractivity contribution in [1.82, 2.24) is 0 Å². The fourth-order valence-electron chi connectivity index (χ4n) is 4.56. The SMILES string of the molecule is Cc1ccc2oc3cccc(-c4cc(-c5ccccc5)cc(-c5ccccc5)c4)c3c2c1. The maximum atomic E-state index is 6.20. The molecule has 1 heterocycles. The summed E-state index contributed by atoms with van der Waals surface area (Å²) in [7, 11) is 0. The molecule has 0 fully saturated rings. The Balaban J connectivity index is 1.66. The molecule has 152 valence electrons. The lowest BCUT2D eigenvalue weighted by atomic mass is 9.91. The largest absolute Gasteiger partial charge is 0.456 e. The van der Waals surface area contributed by atoms with Crippen LogP contribution in [-0.4, -0.2) is 0 Å². The zero-order valence-corrected chi connectivity index (χ0v) is 17.9. The summed E-state index contributed by atoms with van der Waals surface area (Å²) in [6, 6.07) is 40.8. The Labute approximate surface area is 187 Å². The van der Waals surface area contributed by atoms with E-state index in [4.69, 9.17) is 4.42 Å². The van der Waals surface area contributed by atoms with Crippen molar-refractivity contribution in [3.05, 3.63) is 121 Å². The molecule has 1 nitrogen and oxygen atoms in total. The van der Waals surface area contributed by atoms with Gasteiger partial charge in [-0.2, -0.15) is 0 Å². The quantitative estimate of drug-likeness (QED) is 0.284. The van der Waals surface area contributed by atoms with E-state index in [1.54, 1.807) is 0 Å². The molecule has 0 unspecified atom stereocenters. The zero-order valence-electron chi connectivity index (χ0n) is 17.9. The molecule has 0 aliphatic heterocycles. The van der Waals surface area contributed by atoms with Crippen LogP contribution in [0.3, 0.4) is 0 Å². The highest BCUT2D eigenvalue weighted by molar-refractivity contribution is 6.12. The number of aryl methyl sites for hydroxylation is 1. The highest BCUT2D eigenvalue weighted by Crippen LogP contribution is 2.39. The van der Waals surface area contributed by atoms with Crippen LogP contribution in [0.25, 0.3) is 55.3 Å². The molecule has 6 rings (SSSR count). The molecule has 0 saturated carbocycles. The second-order valence-corrected chi connectivity index (χ2v) is 8.31. The Morgan fingerprint density at radius 2 is 1.09 bits per heavy atom. The van der Waals surface area contributed by atoms with Gasteiger partial charge < -0.3 is 4.42 Å². The molecule has 0 N–H and O–H groups in total. The maximum Gasteiger partial charge on any atom is 0.136 e. The van der Waals surface area contributed by atoms with Crippen molar-refractivity contribution in [2.45, 2.75) is 6.92 Å². The van der Waals surface area contributed by atoms with Crippen LogP contribution in [0.2, 0.25) is 0 Å². The molecule has 0 bridgehead atoms. The summed E-state index contributed by atoms with van der Waals surface area (Å²) in [6.07, 6.45) is 0. The summed E-state index contributed by atoms with van der Waals surface area (Å²) in [5.41, 5.74) is 10.3. The van der Waals surface area contributed by atoms with Gasteiger partial charge in [-0.3, -0.25) is 0 Å². The van der Waals surface area contributed by atoms with E-state index >= 15 is 0 Å². The Bertz CT molecular complexity index is 1500. The second kappa shape index (κ2) is 7.55. The van der Waals surface area contributed by atoms with Crippen molar-refractivity contribution in [3.8, 4) is 33.4 Å². The van der Waals surface area contributed by atoms with Crippen LogP contribution < -0.4 is 0 Å². The van der Waals surface area contributed by atoms with E-state index in [9.17, 15) is 0 Å². The topological polar surface area (TPSA) is 13.1 Å². The second-order valence-electron chi connectivity index (χ2n) is 8.31. The average Bonchev–Trinajstić information content (AvgIpc) is 3.23. The van der Waals surface area contributed by atoms with E-state index in [1.165, 1.54) is 49.7 Å². The molecule has 1 heteroatoms. The van der Waals surface area contributed by atoms with Crippen molar-refractivity contribution < 1.29 is 4.42 Å². The van der Waals surface area contributed by atoms with Crippen molar-refractivity contribution in [2.24, 2.45) is 0 Å². The summed E-state index contributed by atoms with van der Waals surface area (Å²) in [4.78, 5) is 0. The lowest BCUT2D eigenvalue weighted by Gasteiger charge is -2.12. The van der Waals surface area contributed by atoms with Crippen LogP contribution in [0.15, 0.2) is 120 Å². The molecule has 1 aromatic heterocycles. The van der Waals surface area contributed by atoms with Gasteiger partial charge >= 0.3 is 0 Å². The minimum absolute atomic E-state index is 0.925. The molecule has 0 aliphatic carbocycles. The number of rotatable bonds is 3. The summed E-state index contributed by atoms with van der Waals surface area (Å²) in [6.45, 7) is 2.13. The van der Waals surface area contributed by atoms with Gasteiger partial charge in [0.25, 0.3) is 0 Å². The summed E-state index contributed by atoms with van der Waals surface area (Å²) >= 11 is 0. The number of benzene rings is 5. The normalized spacial score (nSPS) is 11.3. The minimum atomic E-state index is 0.925. The first-order chi connectivity index (χ1) is 15.8. The third kappa shape index (κ3) is 3.19. The number of furan rings is 1. The fraction of sp³-hybridized carbons (Fsp3) is 0.0323. The monoisotopic (exact) mass is 410 g/mol. The van der Waals surface area contributed by atoms with Crippen LogP contribution in [0.1, 0.15) is 5.56 Å². The van der Waals surface area contributed by atoms with E-state index in [1.807, 2.05) is 0 Å². The summed E-state index contributed by atoms with van der Waals surface area (Å²) < 4.78 is 6.20. The standard InChI is InChI=1S/C31H22O/c1-21-15-16-29-28(17-21)31-27(13-8-14-30(31)32-29)26-19-24(22-9-4-2-5-10-22)18-25(20-26)23-11-6-3-7-12-23/h2-20H,1H3. The van der Waals surface area contributed by atoms with Crippen LogP contribution in [0.4, 0.5) is 0 Å². The van der Waals surface area contributed by atoms with Gasteiger partial charge in [0, 0.05) is 10.8 Å². The molecule has 0 saturated heterocycles. The lowest BCUT2D eigenvalue weighted by molar-refractivity contribution is 0.669. The molecule has 0 spiro atoms. The van der Waals surface area contributed by atoms with Gasteiger partial charge in [0.1, 0.15) is 11.2 Å². The molecule has 0 aliphatic rings. The first kappa shape index (κ1) is 18.7. The van der Waals surface area contributed by atoms with Crippen LogP contribution in [0.5, 0.6) is 0 Å². The third-order valence-corrected chi connectivity index (χ3v) is 6.11. The van der Waals surface area contributed by atoms with Gasteiger partial charge in [-0.15, -0.1) is 0 Å². The van der Waals surface area contributed by atoms with Crippen molar-refractivity contribution >= 4 is 21.9 Å². The first-order valence-corrected chi connectivity index (χ1v) is 10.9. The Kier molecular flexibility index (Phi) is 4.40. The fourth-order valence-corrected chi connectivity index (χ4v) is 4.56. The smallest absolute Gasteiger partial charge is 0.136 e. The molecule has 0 amide bonds. The van der Waals surface area contributed by atoms with Gasteiger partial charge in [-0.25, -0.2) is 0 Å². The Morgan fingerprint density at radius 1 is 0.469 bits per heavy atom. The summed E-state index contributed by atoms with van der Waals surface area (Å²) in [5, 5.41) is 2.34. The summed E-state index contributed by atoms with van der Waals surface area (Å²) in [5.74, 6) is 0. The van der Waals surface area contributed by atoms with Gasteiger partial charge in [-0.1, -0.05) is 84.4 Å². The average molecular weight is 411 g/mol. The maximum absolute atomic E-state index is 6.20. The third-order valence-electron chi connectivity index (χ3n) is 6.11. The number of fused-ring (bicyclic) bond motifs is 3. The molecule has 0 atom stereocenters. The van der Waals surface area contributed by atoms with E-state index in [0.29, 0.717) is 0 Å². The van der Waals surface area contributed by atoms with Crippen LogP contribution in [-0.2, 0) is 0 Å². The zero-order chi connectivity index (χ0) is 21.5. The molecule has 0 radical (unpaired) electrons. The highest BCUT2D eigenvalue weighted by Gasteiger charge is 2.14. The molecule has 6 aromatic rings.